The number of likely N-dealkylation sites (N-methyl/N-ethyl adjacent to an activating group) is 1. The van der Waals surface area contributed by atoms with Crippen molar-refractivity contribution in [3.05, 3.63) is 34.9 Å². The predicted molar refractivity (Wildman–Crippen MR) is 80.6 cm³/mol. The van der Waals surface area contributed by atoms with Crippen molar-refractivity contribution in [2.24, 2.45) is 5.92 Å². The van der Waals surface area contributed by atoms with Crippen molar-refractivity contribution in [1.29, 1.82) is 0 Å². The molecular formula is C16H24ClNO. The fraction of sp³-hybridized carbons (Fsp3) is 0.625. The Hall–Kier alpha value is -0.570. The molecule has 1 aromatic carbocycles. The number of hydrogen-bond donors (Lipinski definition) is 1. The summed E-state index contributed by atoms with van der Waals surface area (Å²) in [6, 6.07) is 8.01. The van der Waals surface area contributed by atoms with Gasteiger partial charge in [0.2, 0.25) is 0 Å². The maximum absolute atomic E-state index is 6.32. The Labute approximate surface area is 121 Å². The third-order valence-corrected chi connectivity index (χ3v) is 4.13. The lowest BCUT2D eigenvalue weighted by atomic mass is 9.88. The first-order valence-corrected chi connectivity index (χ1v) is 7.62. The van der Waals surface area contributed by atoms with Crippen LogP contribution in [0.25, 0.3) is 0 Å². The van der Waals surface area contributed by atoms with Crippen molar-refractivity contribution in [1.82, 2.24) is 5.32 Å². The van der Waals surface area contributed by atoms with Gasteiger partial charge in [0.1, 0.15) is 0 Å². The van der Waals surface area contributed by atoms with E-state index in [0.717, 1.165) is 17.5 Å². The summed E-state index contributed by atoms with van der Waals surface area (Å²) in [5, 5.41) is 4.00. The van der Waals surface area contributed by atoms with Gasteiger partial charge in [0.15, 0.2) is 0 Å². The minimum absolute atomic E-state index is 0.123. The van der Waals surface area contributed by atoms with Gasteiger partial charge in [-0.1, -0.05) is 43.5 Å². The van der Waals surface area contributed by atoms with Crippen molar-refractivity contribution in [2.45, 2.75) is 44.8 Å². The van der Waals surface area contributed by atoms with Gasteiger partial charge in [0.25, 0.3) is 0 Å². The Bertz CT molecular complexity index is 379. The molecular weight excluding hydrogens is 258 g/mol. The molecule has 2 nitrogen and oxygen atoms in total. The molecule has 0 bridgehead atoms. The molecule has 3 unspecified atom stereocenters. The highest BCUT2D eigenvalue weighted by Gasteiger charge is 2.23. The van der Waals surface area contributed by atoms with Crippen LogP contribution in [0.3, 0.4) is 0 Å². The summed E-state index contributed by atoms with van der Waals surface area (Å²) in [6.07, 6.45) is 5.54. The Morgan fingerprint density at radius 1 is 1.32 bits per heavy atom. The van der Waals surface area contributed by atoms with Crippen LogP contribution in [0.1, 0.15) is 44.3 Å². The molecule has 0 heterocycles. The molecule has 0 amide bonds. The van der Waals surface area contributed by atoms with Gasteiger partial charge in [-0.05, 0) is 43.5 Å². The summed E-state index contributed by atoms with van der Waals surface area (Å²) >= 11 is 5.95. The number of halogens is 1. The second kappa shape index (κ2) is 7.28. The van der Waals surface area contributed by atoms with Gasteiger partial charge in [0.05, 0.1) is 12.2 Å². The highest BCUT2D eigenvalue weighted by Crippen LogP contribution is 2.30. The standard InChI is InChI=1S/C16H24ClNO/c1-12-4-3-5-15(10-12)19-16(11-18-2)13-6-8-14(17)9-7-13/h6-9,12,15-16,18H,3-5,10-11H2,1-2H3. The van der Waals surface area contributed by atoms with E-state index in [4.69, 9.17) is 16.3 Å². The molecule has 1 aromatic rings. The van der Waals surface area contributed by atoms with Crippen LogP contribution in [0.2, 0.25) is 5.02 Å². The van der Waals surface area contributed by atoms with Crippen molar-refractivity contribution in [2.75, 3.05) is 13.6 Å². The monoisotopic (exact) mass is 281 g/mol. The molecule has 0 aromatic heterocycles. The molecule has 1 aliphatic rings. The molecule has 3 atom stereocenters. The van der Waals surface area contributed by atoms with Gasteiger partial charge < -0.3 is 10.1 Å². The van der Waals surface area contributed by atoms with Gasteiger partial charge in [-0.3, -0.25) is 0 Å². The van der Waals surface area contributed by atoms with Crippen LogP contribution in [0, 0.1) is 5.92 Å². The van der Waals surface area contributed by atoms with Gasteiger partial charge in [-0.2, -0.15) is 0 Å². The molecule has 1 N–H and O–H groups in total. The number of hydrogen-bond acceptors (Lipinski definition) is 2. The smallest absolute Gasteiger partial charge is 0.0952 e. The summed E-state index contributed by atoms with van der Waals surface area (Å²) in [5.74, 6) is 0.791. The van der Waals surface area contributed by atoms with Crippen molar-refractivity contribution in [3.63, 3.8) is 0 Å². The van der Waals surface area contributed by atoms with E-state index in [1.54, 1.807) is 0 Å². The zero-order valence-electron chi connectivity index (χ0n) is 11.9. The van der Waals surface area contributed by atoms with E-state index in [9.17, 15) is 0 Å². The van der Waals surface area contributed by atoms with Crippen molar-refractivity contribution in [3.8, 4) is 0 Å². The largest absolute Gasteiger partial charge is 0.369 e. The Morgan fingerprint density at radius 3 is 2.68 bits per heavy atom. The number of rotatable bonds is 5. The van der Waals surface area contributed by atoms with Crippen LogP contribution in [-0.4, -0.2) is 19.7 Å². The minimum atomic E-state index is 0.123. The van der Waals surface area contributed by atoms with E-state index >= 15 is 0 Å². The number of nitrogens with one attached hydrogen (secondary N) is 1. The molecule has 1 fully saturated rings. The molecule has 106 valence electrons. The van der Waals surface area contributed by atoms with E-state index in [-0.39, 0.29) is 6.10 Å². The maximum Gasteiger partial charge on any atom is 0.0952 e. The first-order chi connectivity index (χ1) is 9.19. The lowest BCUT2D eigenvalue weighted by Crippen LogP contribution is -2.28. The van der Waals surface area contributed by atoms with E-state index in [0.29, 0.717) is 6.10 Å². The summed E-state index contributed by atoms with van der Waals surface area (Å²) in [7, 11) is 1.97. The Balaban J connectivity index is 2.01. The van der Waals surface area contributed by atoms with Crippen LogP contribution >= 0.6 is 11.6 Å². The maximum atomic E-state index is 6.32. The number of benzene rings is 1. The van der Waals surface area contributed by atoms with Crippen LogP contribution in [0.5, 0.6) is 0 Å². The topological polar surface area (TPSA) is 21.3 Å². The van der Waals surface area contributed by atoms with Crippen LogP contribution < -0.4 is 5.32 Å². The van der Waals surface area contributed by atoms with Gasteiger partial charge in [0, 0.05) is 11.6 Å². The fourth-order valence-corrected chi connectivity index (χ4v) is 2.97. The second-order valence-electron chi connectivity index (χ2n) is 5.63. The molecule has 0 saturated heterocycles. The van der Waals surface area contributed by atoms with E-state index in [2.05, 4.69) is 24.4 Å². The third-order valence-electron chi connectivity index (χ3n) is 3.88. The predicted octanol–water partition coefficient (Wildman–Crippen LogP) is 4.20. The molecule has 1 saturated carbocycles. The van der Waals surface area contributed by atoms with Gasteiger partial charge in [-0.25, -0.2) is 0 Å². The minimum Gasteiger partial charge on any atom is -0.369 e. The summed E-state index contributed by atoms with van der Waals surface area (Å²) in [4.78, 5) is 0. The van der Waals surface area contributed by atoms with Gasteiger partial charge in [-0.15, -0.1) is 0 Å². The average Bonchev–Trinajstić information content (AvgIpc) is 2.39. The van der Waals surface area contributed by atoms with Gasteiger partial charge >= 0.3 is 0 Å². The zero-order valence-corrected chi connectivity index (χ0v) is 12.6. The molecule has 0 spiro atoms. The Morgan fingerprint density at radius 2 is 2.05 bits per heavy atom. The van der Waals surface area contributed by atoms with Crippen molar-refractivity contribution < 1.29 is 4.74 Å². The molecule has 0 radical (unpaired) electrons. The summed E-state index contributed by atoms with van der Waals surface area (Å²) in [6.45, 7) is 3.16. The van der Waals surface area contributed by atoms with Crippen molar-refractivity contribution >= 4 is 11.6 Å². The highest BCUT2D eigenvalue weighted by atomic mass is 35.5. The second-order valence-corrected chi connectivity index (χ2v) is 6.06. The zero-order chi connectivity index (χ0) is 13.7. The molecule has 1 aliphatic carbocycles. The number of ether oxygens (including phenoxy) is 1. The van der Waals surface area contributed by atoms with Crippen LogP contribution in [0.4, 0.5) is 0 Å². The molecule has 3 heteroatoms. The van der Waals surface area contributed by atoms with Crippen LogP contribution in [-0.2, 0) is 4.74 Å². The molecule has 2 rings (SSSR count). The lowest BCUT2D eigenvalue weighted by molar-refractivity contribution is -0.0388. The Kier molecular flexibility index (Phi) is 5.68. The normalized spacial score (nSPS) is 25.2. The summed E-state index contributed by atoms with van der Waals surface area (Å²) in [5.41, 5.74) is 1.21. The SMILES string of the molecule is CNCC(OC1CCCC(C)C1)c1ccc(Cl)cc1. The molecule has 19 heavy (non-hydrogen) atoms. The average molecular weight is 282 g/mol. The quantitative estimate of drug-likeness (QED) is 0.873. The van der Waals surface area contributed by atoms with E-state index in [1.165, 1.54) is 31.2 Å². The van der Waals surface area contributed by atoms with Crippen LogP contribution in [0.15, 0.2) is 24.3 Å². The molecule has 0 aliphatic heterocycles. The van der Waals surface area contributed by atoms with E-state index < -0.39 is 0 Å². The fourth-order valence-electron chi connectivity index (χ4n) is 2.84. The van der Waals surface area contributed by atoms with E-state index in [1.807, 2.05) is 19.2 Å². The third kappa shape index (κ3) is 4.48. The lowest BCUT2D eigenvalue weighted by Gasteiger charge is -2.31. The highest BCUT2D eigenvalue weighted by molar-refractivity contribution is 6.30. The summed E-state index contributed by atoms with van der Waals surface area (Å²) < 4.78 is 6.32. The first-order valence-electron chi connectivity index (χ1n) is 7.24. The first kappa shape index (κ1) is 14.8.